The number of aromatic amines is 1. The van der Waals surface area contributed by atoms with Gasteiger partial charge in [-0.25, -0.2) is 19.2 Å². The van der Waals surface area contributed by atoms with Crippen LogP contribution in [0.5, 0.6) is 0 Å². The second kappa shape index (κ2) is 7.60. The number of ether oxygens (including phenoxy) is 1. The second-order valence-corrected chi connectivity index (χ2v) is 9.34. The summed E-state index contributed by atoms with van der Waals surface area (Å²) in [6.45, 7) is 10.6. The number of nitrogens with zero attached hydrogens (tertiary/aromatic N) is 3. The van der Waals surface area contributed by atoms with E-state index in [-0.39, 0.29) is 18.0 Å². The van der Waals surface area contributed by atoms with E-state index in [0.29, 0.717) is 35.6 Å². The molecule has 1 fully saturated rings. The molecule has 7 nitrogen and oxygen atoms in total. The SMILES string of the molecule is CC(C)(C)OC(=O)N1CCNC(c2ncnc3[nH]cc(-c4ccccc4F)c23)C1(C)C. The minimum atomic E-state index is -0.647. The Morgan fingerprint density at radius 2 is 1.97 bits per heavy atom. The highest BCUT2D eigenvalue weighted by atomic mass is 19.1. The highest BCUT2D eigenvalue weighted by Gasteiger charge is 2.45. The summed E-state index contributed by atoms with van der Waals surface area (Å²) >= 11 is 0. The van der Waals surface area contributed by atoms with Crippen LogP contribution in [0, 0.1) is 5.82 Å². The molecule has 2 N–H and O–H groups in total. The van der Waals surface area contributed by atoms with E-state index in [0.717, 1.165) is 5.39 Å². The number of H-pyrrole nitrogens is 1. The van der Waals surface area contributed by atoms with Gasteiger partial charge in [-0.1, -0.05) is 18.2 Å². The summed E-state index contributed by atoms with van der Waals surface area (Å²) in [4.78, 5) is 26.7. The number of fused-ring (bicyclic) bond motifs is 1. The lowest BCUT2D eigenvalue weighted by atomic mass is 9.86. The summed E-state index contributed by atoms with van der Waals surface area (Å²) in [6.07, 6.45) is 2.88. The molecule has 0 bridgehead atoms. The first kappa shape index (κ1) is 21.2. The summed E-state index contributed by atoms with van der Waals surface area (Å²) in [5, 5.41) is 4.24. The molecule has 8 heteroatoms. The molecule has 1 aliphatic heterocycles. The van der Waals surface area contributed by atoms with Crippen molar-refractivity contribution in [2.75, 3.05) is 13.1 Å². The van der Waals surface area contributed by atoms with Crippen LogP contribution in [-0.2, 0) is 4.74 Å². The van der Waals surface area contributed by atoms with Crippen molar-refractivity contribution in [3.05, 3.63) is 48.3 Å². The summed E-state index contributed by atoms with van der Waals surface area (Å²) in [5.74, 6) is -0.315. The van der Waals surface area contributed by atoms with Crippen molar-refractivity contribution in [3.8, 4) is 11.1 Å². The number of halogens is 1. The maximum atomic E-state index is 14.6. The zero-order valence-electron chi connectivity index (χ0n) is 18.5. The number of carbonyl (C=O) groups excluding carboxylic acids is 1. The van der Waals surface area contributed by atoms with E-state index in [1.54, 1.807) is 29.3 Å². The van der Waals surface area contributed by atoms with E-state index >= 15 is 0 Å². The van der Waals surface area contributed by atoms with Gasteiger partial charge in [0, 0.05) is 35.8 Å². The van der Waals surface area contributed by atoms with Crippen LogP contribution in [0.15, 0.2) is 36.8 Å². The monoisotopic (exact) mass is 425 g/mol. The molecule has 4 rings (SSSR count). The number of rotatable bonds is 2. The number of aromatic nitrogens is 3. The first-order valence-corrected chi connectivity index (χ1v) is 10.4. The summed E-state index contributed by atoms with van der Waals surface area (Å²) in [5.41, 5.74) is 1.26. The fraction of sp³-hybridized carbons (Fsp3) is 0.435. The van der Waals surface area contributed by atoms with Crippen molar-refractivity contribution in [2.45, 2.75) is 51.8 Å². The maximum Gasteiger partial charge on any atom is 0.410 e. The Morgan fingerprint density at radius 1 is 1.23 bits per heavy atom. The van der Waals surface area contributed by atoms with Crippen molar-refractivity contribution in [3.63, 3.8) is 0 Å². The van der Waals surface area contributed by atoms with Gasteiger partial charge in [0.2, 0.25) is 0 Å². The molecule has 0 aliphatic carbocycles. The molecular formula is C23H28FN5O2. The summed E-state index contributed by atoms with van der Waals surface area (Å²) in [6, 6.07) is 6.33. The normalized spacial score (nSPS) is 18.9. The van der Waals surface area contributed by atoms with Gasteiger partial charge in [-0.15, -0.1) is 0 Å². The van der Waals surface area contributed by atoms with E-state index in [1.165, 1.54) is 12.4 Å². The molecule has 1 aromatic carbocycles. The van der Waals surface area contributed by atoms with Crippen molar-refractivity contribution < 1.29 is 13.9 Å². The third-order valence-electron chi connectivity index (χ3n) is 5.64. The average Bonchev–Trinajstić information content (AvgIpc) is 3.11. The topological polar surface area (TPSA) is 83.1 Å². The lowest BCUT2D eigenvalue weighted by Gasteiger charge is -2.48. The first-order valence-electron chi connectivity index (χ1n) is 10.4. The molecule has 2 aromatic heterocycles. The Balaban J connectivity index is 1.80. The van der Waals surface area contributed by atoms with E-state index in [4.69, 9.17) is 4.74 Å². The Morgan fingerprint density at radius 3 is 2.68 bits per heavy atom. The number of hydrogen-bond donors (Lipinski definition) is 2. The van der Waals surface area contributed by atoms with Gasteiger partial charge in [-0.3, -0.25) is 4.90 Å². The van der Waals surface area contributed by atoms with Gasteiger partial charge in [0.05, 0.1) is 17.3 Å². The second-order valence-electron chi connectivity index (χ2n) is 9.34. The molecule has 0 radical (unpaired) electrons. The molecule has 1 aliphatic rings. The van der Waals surface area contributed by atoms with Crippen molar-refractivity contribution in [2.24, 2.45) is 0 Å². The Labute approximate surface area is 181 Å². The standard InChI is InChI=1S/C23H28FN5O2/c1-22(2,3)31-21(30)29-11-10-25-19(23(29,4)5)18-17-15(12-26-20(17)28-13-27-18)14-8-6-7-9-16(14)24/h6-9,12-13,19,25H,10-11H2,1-5H3,(H,26,27,28). The van der Waals surface area contributed by atoms with Crippen LogP contribution in [0.4, 0.5) is 9.18 Å². The Bertz CT molecular complexity index is 1120. The van der Waals surface area contributed by atoms with Gasteiger partial charge < -0.3 is 15.0 Å². The zero-order chi connectivity index (χ0) is 22.4. The lowest BCUT2D eigenvalue weighted by Crippen LogP contribution is -2.62. The Hall–Kier alpha value is -3.00. The van der Waals surface area contributed by atoms with E-state index in [9.17, 15) is 9.18 Å². The largest absolute Gasteiger partial charge is 0.444 e. The predicted octanol–water partition coefficient (Wildman–Crippen LogP) is 4.42. The van der Waals surface area contributed by atoms with E-state index in [2.05, 4.69) is 20.3 Å². The number of benzene rings is 1. The maximum absolute atomic E-state index is 14.6. The minimum absolute atomic E-state index is 0.305. The van der Waals surface area contributed by atoms with Crippen LogP contribution in [0.1, 0.15) is 46.4 Å². The molecule has 3 aromatic rings. The number of hydrogen-bond acceptors (Lipinski definition) is 5. The van der Waals surface area contributed by atoms with E-state index in [1.807, 2.05) is 34.6 Å². The molecule has 0 saturated carbocycles. The van der Waals surface area contributed by atoms with Crippen molar-refractivity contribution >= 4 is 17.1 Å². The number of piperazine rings is 1. The highest BCUT2D eigenvalue weighted by Crippen LogP contribution is 2.39. The van der Waals surface area contributed by atoms with Crippen LogP contribution in [0.3, 0.4) is 0 Å². The lowest BCUT2D eigenvalue weighted by molar-refractivity contribution is -0.0149. The number of nitrogens with one attached hydrogen (secondary N) is 2. The van der Waals surface area contributed by atoms with Crippen molar-refractivity contribution in [1.82, 2.24) is 25.2 Å². The quantitative estimate of drug-likeness (QED) is 0.635. The molecule has 1 amide bonds. The van der Waals surface area contributed by atoms with Crippen LogP contribution < -0.4 is 5.32 Å². The summed E-state index contributed by atoms with van der Waals surface area (Å²) in [7, 11) is 0. The third kappa shape index (κ3) is 3.87. The van der Waals surface area contributed by atoms with E-state index < -0.39 is 11.1 Å². The van der Waals surface area contributed by atoms with Crippen LogP contribution in [-0.4, -0.2) is 50.2 Å². The van der Waals surface area contributed by atoms with Crippen LogP contribution >= 0.6 is 0 Å². The molecule has 3 heterocycles. The fourth-order valence-corrected chi connectivity index (χ4v) is 4.19. The van der Waals surface area contributed by atoms with Gasteiger partial charge in [0.1, 0.15) is 23.4 Å². The molecule has 1 atom stereocenters. The predicted molar refractivity (Wildman–Crippen MR) is 117 cm³/mol. The number of amides is 1. The molecular weight excluding hydrogens is 397 g/mol. The smallest absolute Gasteiger partial charge is 0.410 e. The minimum Gasteiger partial charge on any atom is -0.444 e. The molecule has 1 saturated heterocycles. The van der Waals surface area contributed by atoms with Gasteiger partial charge >= 0.3 is 6.09 Å². The van der Waals surface area contributed by atoms with Gasteiger partial charge in [-0.2, -0.15) is 0 Å². The molecule has 164 valence electrons. The Kier molecular flexibility index (Phi) is 5.21. The number of carbonyl (C=O) groups is 1. The third-order valence-corrected chi connectivity index (χ3v) is 5.64. The average molecular weight is 426 g/mol. The van der Waals surface area contributed by atoms with Gasteiger partial charge in [0.25, 0.3) is 0 Å². The highest BCUT2D eigenvalue weighted by molar-refractivity contribution is 5.95. The van der Waals surface area contributed by atoms with Crippen LogP contribution in [0.25, 0.3) is 22.2 Å². The molecule has 1 unspecified atom stereocenters. The fourth-order valence-electron chi connectivity index (χ4n) is 4.19. The first-order chi connectivity index (χ1) is 14.6. The summed E-state index contributed by atoms with van der Waals surface area (Å²) < 4.78 is 20.2. The van der Waals surface area contributed by atoms with Gasteiger partial charge in [-0.05, 0) is 40.7 Å². The zero-order valence-corrected chi connectivity index (χ0v) is 18.5. The van der Waals surface area contributed by atoms with Crippen LogP contribution in [0.2, 0.25) is 0 Å². The van der Waals surface area contributed by atoms with Crippen molar-refractivity contribution in [1.29, 1.82) is 0 Å². The molecule has 0 spiro atoms. The molecule has 31 heavy (non-hydrogen) atoms. The van der Waals surface area contributed by atoms with Gasteiger partial charge in [0.15, 0.2) is 0 Å².